The minimum absolute atomic E-state index is 0.0541. The highest BCUT2D eigenvalue weighted by Crippen LogP contribution is 2.25. The number of hydrogen-bond acceptors (Lipinski definition) is 3. The van der Waals surface area contributed by atoms with Crippen molar-refractivity contribution < 1.29 is 9.90 Å². The molecule has 22 heavy (non-hydrogen) atoms. The summed E-state index contributed by atoms with van der Waals surface area (Å²) in [7, 11) is 0. The van der Waals surface area contributed by atoms with Crippen LogP contribution in [0.5, 0.6) is 0 Å². The zero-order chi connectivity index (χ0) is 15.8. The first-order valence-electron chi connectivity index (χ1n) is 9.11. The molecule has 0 bridgehead atoms. The second kappa shape index (κ2) is 9.36. The van der Waals surface area contributed by atoms with Crippen molar-refractivity contribution in [2.45, 2.75) is 82.8 Å². The number of aliphatic hydroxyl groups excluding tert-OH is 1. The molecule has 2 amide bonds. The molecule has 1 aliphatic heterocycles. The standard InChI is InChI=1S/C17H33N3O2/c1-14(6-5-13-21)18-17(22)19-15-9-11-20(12-10-15)16-7-3-2-4-8-16/h14-16,21H,2-13H2,1H3,(H2,18,19,22). The van der Waals surface area contributed by atoms with Gasteiger partial charge in [0.05, 0.1) is 0 Å². The number of nitrogens with one attached hydrogen (secondary N) is 2. The normalized spacial score (nSPS) is 23.2. The molecule has 0 aromatic carbocycles. The van der Waals surface area contributed by atoms with Gasteiger partial charge < -0.3 is 20.6 Å². The summed E-state index contributed by atoms with van der Waals surface area (Å²) in [6.45, 7) is 4.42. The Morgan fingerprint density at radius 3 is 2.50 bits per heavy atom. The largest absolute Gasteiger partial charge is 0.396 e. The summed E-state index contributed by atoms with van der Waals surface area (Å²) in [5, 5.41) is 14.9. The van der Waals surface area contributed by atoms with Gasteiger partial charge in [0.15, 0.2) is 0 Å². The van der Waals surface area contributed by atoms with E-state index < -0.39 is 0 Å². The lowest BCUT2D eigenvalue weighted by Crippen LogP contribution is -2.51. The Hall–Kier alpha value is -0.810. The summed E-state index contributed by atoms with van der Waals surface area (Å²) < 4.78 is 0. The van der Waals surface area contributed by atoms with Gasteiger partial charge in [-0.15, -0.1) is 0 Å². The van der Waals surface area contributed by atoms with E-state index in [4.69, 9.17) is 5.11 Å². The van der Waals surface area contributed by atoms with Gasteiger partial charge in [0, 0.05) is 37.8 Å². The highest BCUT2D eigenvalue weighted by atomic mass is 16.3. The highest BCUT2D eigenvalue weighted by Gasteiger charge is 2.26. The lowest BCUT2D eigenvalue weighted by molar-refractivity contribution is 0.117. The van der Waals surface area contributed by atoms with E-state index in [0.717, 1.165) is 44.8 Å². The molecule has 1 unspecified atom stereocenters. The third-order valence-corrected chi connectivity index (χ3v) is 5.13. The van der Waals surface area contributed by atoms with E-state index >= 15 is 0 Å². The van der Waals surface area contributed by atoms with Gasteiger partial charge in [-0.05, 0) is 45.4 Å². The van der Waals surface area contributed by atoms with E-state index in [1.54, 1.807) is 0 Å². The van der Waals surface area contributed by atoms with Crippen LogP contribution in [0.4, 0.5) is 4.79 Å². The van der Waals surface area contributed by atoms with E-state index in [-0.39, 0.29) is 18.7 Å². The Labute approximate surface area is 134 Å². The van der Waals surface area contributed by atoms with Gasteiger partial charge in [-0.25, -0.2) is 4.79 Å². The molecule has 1 saturated carbocycles. The van der Waals surface area contributed by atoms with Crippen molar-refractivity contribution >= 4 is 6.03 Å². The maximum atomic E-state index is 12.0. The number of urea groups is 1. The average molecular weight is 311 g/mol. The number of carbonyl (C=O) groups is 1. The first kappa shape index (κ1) is 17.5. The van der Waals surface area contributed by atoms with Gasteiger partial charge in [-0.1, -0.05) is 19.3 Å². The summed E-state index contributed by atoms with van der Waals surface area (Å²) >= 11 is 0. The molecule has 3 N–H and O–H groups in total. The maximum Gasteiger partial charge on any atom is 0.315 e. The van der Waals surface area contributed by atoms with Gasteiger partial charge in [0.25, 0.3) is 0 Å². The summed E-state index contributed by atoms with van der Waals surface area (Å²) in [5.74, 6) is 0. The van der Waals surface area contributed by atoms with Crippen LogP contribution < -0.4 is 10.6 Å². The molecule has 0 spiro atoms. The lowest BCUT2D eigenvalue weighted by Gasteiger charge is -2.39. The Morgan fingerprint density at radius 2 is 1.86 bits per heavy atom. The predicted octanol–water partition coefficient (Wildman–Crippen LogP) is 2.24. The zero-order valence-corrected chi connectivity index (χ0v) is 14.0. The molecule has 5 nitrogen and oxygen atoms in total. The van der Waals surface area contributed by atoms with Crippen LogP contribution in [0.2, 0.25) is 0 Å². The summed E-state index contributed by atoms with van der Waals surface area (Å²) in [6.07, 6.45) is 10.6. The van der Waals surface area contributed by atoms with Crippen LogP contribution in [0.1, 0.15) is 64.7 Å². The van der Waals surface area contributed by atoms with Gasteiger partial charge in [-0.3, -0.25) is 0 Å². The SMILES string of the molecule is CC(CCCO)NC(=O)NC1CCN(C2CCCCC2)CC1. The Morgan fingerprint density at radius 1 is 1.18 bits per heavy atom. The van der Waals surface area contributed by atoms with Crippen molar-refractivity contribution in [2.75, 3.05) is 19.7 Å². The number of amides is 2. The number of piperidine rings is 1. The molecule has 1 atom stereocenters. The van der Waals surface area contributed by atoms with E-state index in [0.29, 0.717) is 6.04 Å². The second-order valence-corrected chi connectivity index (χ2v) is 6.99. The molecule has 2 aliphatic rings. The molecule has 1 heterocycles. The highest BCUT2D eigenvalue weighted by molar-refractivity contribution is 5.74. The second-order valence-electron chi connectivity index (χ2n) is 6.99. The monoisotopic (exact) mass is 311 g/mol. The summed E-state index contributed by atoms with van der Waals surface area (Å²) in [6, 6.07) is 1.17. The molecular formula is C17H33N3O2. The van der Waals surface area contributed by atoms with Crippen molar-refractivity contribution in [3.8, 4) is 0 Å². The van der Waals surface area contributed by atoms with Gasteiger partial charge in [0.2, 0.25) is 0 Å². The first-order chi connectivity index (χ1) is 10.7. The van der Waals surface area contributed by atoms with Gasteiger partial charge in [0.1, 0.15) is 0 Å². The van der Waals surface area contributed by atoms with Crippen molar-refractivity contribution in [1.82, 2.24) is 15.5 Å². The molecule has 0 aromatic rings. The number of nitrogens with zero attached hydrogens (tertiary/aromatic N) is 1. The quantitative estimate of drug-likeness (QED) is 0.705. The van der Waals surface area contributed by atoms with Crippen LogP contribution in [-0.4, -0.2) is 53.9 Å². The van der Waals surface area contributed by atoms with Crippen LogP contribution in [0.3, 0.4) is 0 Å². The van der Waals surface area contributed by atoms with Crippen molar-refractivity contribution in [2.24, 2.45) is 0 Å². The Kier molecular flexibility index (Phi) is 7.46. The van der Waals surface area contributed by atoms with Crippen molar-refractivity contribution in [1.29, 1.82) is 0 Å². The number of likely N-dealkylation sites (tertiary alicyclic amines) is 1. The van der Waals surface area contributed by atoms with E-state index in [1.807, 2.05) is 6.92 Å². The summed E-state index contributed by atoms with van der Waals surface area (Å²) in [5.41, 5.74) is 0. The fourth-order valence-corrected chi connectivity index (χ4v) is 3.78. The fourth-order valence-electron chi connectivity index (χ4n) is 3.78. The lowest BCUT2D eigenvalue weighted by atomic mass is 9.92. The van der Waals surface area contributed by atoms with Gasteiger partial charge >= 0.3 is 6.03 Å². The van der Waals surface area contributed by atoms with E-state index in [1.165, 1.54) is 32.1 Å². The Bertz CT molecular complexity index is 324. The van der Waals surface area contributed by atoms with Crippen LogP contribution >= 0.6 is 0 Å². The third kappa shape index (κ3) is 5.76. The average Bonchev–Trinajstić information content (AvgIpc) is 2.54. The molecule has 2 fully saturated rings. The molecule has 1 saturated heterocycles. The minimum atomic E-state index is -0.0541. The van der Waals surface area contributed by atoms with Crippen LogP contribution in [0, 0.1) is 0 Å². The molecule has 5 heteroatoms. The van der Waals surface area contributed by atoms with Crippen LogP contribution in [0.25, 0.3) is 0 Å². The Balaban J connectivity index is 1.63. The minimum Gasteiger partial charge on any atom is -0.396 e. The molecule has 128 valence electrons. The fraction of sp³-hybridized carbons (Fsp3) is 0.941. The van der Waals surface area contributed by atoms with Crippen LogP contribution in [0.15, 0.2) is 0 Å². The first-order valence-corrected chi connectivity index (χ1v) is 9.11. The van der Waals surface area contributed by atoms with Crippen molar-refractivity contribution in [3.05, 3.63) is 0 Å². The van der Waals surface area contributed by atoms with E-state index in [2.05, 4.69) is 15.5 Å². The topological polar surface area (TPSA) is 64.6 Å². The number of aliphatic hydroxyl groups is 1. The number of rotatable bonds is 6. The molecule has 0 radical (unpaired) electrons. The third-order valence-electron chi connectivity index (χ3n) is 5.13. The molecule has 1 aliphatic carbocycles. The zero-order valence-electron chi connectivity index (χ0n) is 14.0. The summed E-state index contributed by atoms with van der Waals surface area (Å²) in [4.78, 5) is 14.6. The maximum absolute atomic E-state index is 12.0. The van der Waals surface area contributed by atoms with Gasteiger partial charge in [-0.2, -0.15) is 0 Å². The van der Waals surface area contributed by atoms with E-state index in [9.17, 15) is 4.79 Å². The number of hydrogen-bond donors (Lipinski definition) is 3. The smallest absolute Gasteiger partial charge is 0.315 e. The van der Waals surface area contributed by atoms with Crippen molar-refractivity contribution in [3.63, 3.8) is 0 Å². The molecular weight excluding hydrogens is 278 g/mol. The molecule has 0 aromatic heterocycles. The number of carbonyl (C=O) groups excluding carboxylic acids is 1. The molecule has 2 rings (SSSR count). The predicted molar refractivity (Wildman–Crippen MR) is 88.9 cm³/mol. The van der Waals surface area contributed by atoms with Crippen LogP contribution in [-0.2, 0) is 0 Å².